The van der Waals surface area contributed by atoms with Crippen LogP contribution in [-0.2, 0) is 16.0 Å². The first kappa shape index (κ1) is 22.5. The van der Waals surface area contributed by atoms with Crippen molar-refractivity contribution in [1.82, 2.24) is 15.1 Å². The van der Waals surface area contributed by atoms with Crippen LogP contribution < -0.4 is 10.1 Å². The highest BCUT2D eigenvalue weighted by atomic mass is 35.5. The predicted molar refractivity (Wildman–Crippen MR) is 112 cm³/mol. The first-order valence-electron chi connectivity index (χ1n) is 10.0. The number of methoxy groups -OCH3 is 1. The Morgan fingerprint density at radius 1 is 1.04 bits per heavy atom. The second kappa shape index (κ2) is 11.3. The number of aryl methyl sites for hydroxylation is 1. The van der Waals surface area contributed by atoms with Gasteiger partial charge in [-0.3, -0.25) is 9.59 Å². The molecule has 1 saturated carbocycles. The molecule has 0 aromatic heterocycles. The van der Waals surface area contributed by atoms with Crippen LogP contribution in [0.2, 0.25) is 0 Å². The van der Waals surface area contributed by atoms with E-state index >= 15 is 0 Å². The van der Waals surface area contributed by atoms with Gasteiger partial charge < -0.3 is 19.9 Å². The van der Waals surface area contributed by atoms with Crippen molar-refractivity contribution in [1.29, 1.82) is 0 Å². The Labute approximate surface area is 174 Å². The lowest BCUT2D eigenvalue weighted by Crippen LogP contribution is -2.41. The summed E-state index contributed by atoms with van der Waals surface area (Å²) in [4.78, 5) is 28.7. The van der Waals surface area contributed by atoms with E-state index in [2.05, 4.69) is 5.32 Å². The Kier molecular flexibility index (Phi) is 9.06. The van der Waals surface area contributed by atoms with Gasteiger partial charge in [-0.05, 0) is 55.8 Å². The van der Waals surface area contributed by atoms with Gasteiger partial charge in [-0.25, -0.2) is 0 Å². The number of hydrogen-bond acceptors (Lipinski definition) is 4. The SMILES string of the molecule is COc1ccc(CCC(=O)N2CCCN(C(=O)CNCC3CC3)CC2)cc1.Cl. The predicted octanol–water partition coefficient (Wildman–Crippen LogP) is 2.11. The number of rotatable bonds is 8. The smallest absolute Gasteiger partial charge is 0.236 e. The second-order valence-corrected chi connectivity index (χ2v) is 7.54. The second-order valence-electron chi connectivity index (χ2n) is 7.54. The van der Waals surface area contributed by atoms with E-state index in [0.29, 0.717) is 26.1 Å². The third-order valence-electron chi connectivity index (χ3n) is 5.39. The molecule has 1 aromatic rings. The summed E-state index contributed by atoms with van der Waals surface area (Å²) in [6, 6.07) is 7.85. The molecular formula is C21H32ClN3O3. The van der Waals surface area contributed by atoms with Crippen molar-refractivity contribution in [2.24, 2.45) is 5.92 Å². The molecule has 0 bridgehead atoms. The summed E-state index contributed by atoms with van der Waals surface area (Å²) < 4.78 is 5.16. The fourth-order valence-electron chi connectivity index (χ4n) is 3.43. The summed E-state index contributed by atoms with van der Waals surface area (Å²) in [5.41, 5.74) is 1.14. The van der Waals surface area contributed by atoms with E-state index in [-0.39, 0.29) is 24.2 Å². The Morgan fingerprint density at radius 3 is 2.29 bits per heavy atom. The number of amides is 2. The first-order chi connectivity index (χ1) is 13.2. The summed E-state index contributed by atoms with van der Waals surface area (Å²) in [5.74, 6) is 1.94. The van der Waals surface area contributed by atoms with Crippen LogP contribution in [0.5, 0.6) is 5.75 Å². The zero-order chi connectivity index (χ0) is 19.1. The highest BCUT2D eigenvalue weighted by Crippen LogP contribution is 2.27. The summed E-state index contributed by atoms with van der Waals surface area (Å²) >= 11 is 0. The molecule has 0 atom stereocenters. The molecule has 1 aliphatic heterocycles. The Bertz CT molecular complexity index is 634. The van der Waals surface area contributed by atoms with Gasteiger partial charge in [0.1, 0.15) is 5.75 Å². The molecule has 1 N–H and O–H groups in total. The lowest BCUT2D eigenvalue weighted by atomic mass is 10.1. The average Bonchev–Trinajstić information content (AvgIpc) is 3.53. The minimum atomic E-state index is 0. The van der Waals surface area contributed by atoms with E-state index in [1.807, 2.05) is 34.1 Å². The molecule has 0 spiro atoms. The molecule has 2 amide bonds. The number of halogens is 1. The van der Waals surface area contributed by atoms with Crippen LogP contribution in [0, 0.1) is 5.92 Å². The number of nitrogens with one attached hydrogen (secondary N) is 1. The van der Waals surface area contributed by atoms with Gasteiger partial charge in [-0.15, -0.1) is 12.4 Å². The molecule has 3 rings (SSSR count). The number of nitrogens with zero attached hydrogens (tertiary/aromatic N) is 2. The minimum absolute atomic E-state index is 0. The number of ether oxygens (including phenoxy) is 1. The van der Waals surface area contributed by atoms with E-state index < -0.39 is 0 Å². The van der Waals surface area contributed by atoms with Crippen LogP contribution in [0.1, 0.15) is 31.2 Å². The summed E-state index contributed by atoms with van der Waals surface area (Å²) in [5, 5.41) is 3.26. The standard InChI is InChI=1S/C21H31N3O3.ClH/c1-27-19-8-5-17(6-9-19)7-10-20(25)23-11-2-12-24(14-13-23)21(26)16-22-15-18-3-4-18;/h5-6,8-9,18,22H,2-4,7,10-16H2,1H3;1H. The zero-order valence-corrected chi connectivity index (χ0v) is 17.5. The van der Waals surface area contributed by atoms with Crippen LogP contribution in [0.4, 0.5) is 0 Å². The average molecular weight is 410 g/mol. The minimum Gasteiger partial charge on any atom is -0.497 e. The molecule has 1 heterocycles. The largest absolute Gasteiger partial charge is 0.497 e. The van der Waals surface area contributed by atoms with Crippen molar-refractivity contribution >= 4 is 24.2 Å². The van der Waals surface area contributed by atoms with Crippen LogP contribution in [0.25, 0.3) is 0 Å². The Morgan fingerprint density at radius 2 is 1.68 bits per heavy atom. The highest BCUT2D eigenvalue weighted by Gasteiger charge is 2.23. The normalized spacial score (nSPS) is 16.9. The topological polar surface area (TPSA) is 61.9 Å². The van der Waals surface area contributed by atoms with Crippen molar-refractivity contribution < 1.29 is 14.3 Å². The fourth-order valence-corrected chi connectivity index (χ4v) is 3.43. The summed E-state index contributed by atoms with van der Waals surface area (Å²) in [6.07, 6.45) is 4.66. The van der Waals surface area contributed by atoms with Gasteiger partial charge in [0.15, 0.2) is 0 Å². The van der Waals surface area contributed by atoms with Crippen molar-refractivity contribution in [2.45, 2.75) is 32.1 Å². The zero-order valence-electron chi connectivity index (χ0n) is 16.7. The molecule has 0 radical (unpaired) electrons. The van der Waals surface area contributed by atoms with Gasteiger partial charge in [-0.2, -0.15) is 0 Å². The number of carbonyl (C=O) groups excluding carboxylic acids is 2. The van der Waals surface area contributed by atoms with Crippen molar-refractivity contribution in [3.8, 4) is 5.75 Å². The molecule has 2 fully saturated rings. The molecule has 1 aliphatic carbocycles. The van der Waals surface area contributed by atoms with Gasteiger partial charge >= 0.3 is 0 Å². The molecule has 0 unspecified atom stereocenters. The Balaban J connectivity index is 0.00000280. The van der Waals surface area contributed by atoms with E-state index in [1.165, 1.54) is 12.8 Å². The van der Waals surface area contributed by atoms with Gasteiger partial charge in [0.25, 0.3) is 0 Å². The van der Waals surface area contributed by atoms with Crippen LogP contribution >= 0.6 is 12.4 Å². The van der Waals surface area contributed by atoms with Gasteiger partial charge in [0, 0.05) is 32.6 Å². The van der Waals surface area contributed by atoms with E-state index in [1.54, 1.807) is 7.11 Å². The maximum Gasteiger partial charge on any atom is 0.236 e. The molecule has 7 heteroatoms. The Hall–Kier alpha value is -1.79. The summed E-state index contributed by atoms with van der Waals surface area (Å²) in [7, 11) is 1.65. The lowest BCUT2D eigenvalue weighted by molar-refractivity contribution is -0.133. The number of hydrogen-bond donors (Lipinski definition) is 1. The third kappa shape index (κ3) is 6.99. The maximum atomic E-state index is 12.6. The highest BCUT2D eigenvalue weighted by molar-refractivity contribution is 5.85. The molecule has 28 heavy (non-hydrogen) atoms. The van der Waals surface area contributed by atoms with Crippen molar-refractivity contribution in [3.05, 3.63) is 29.8 Å². The monoisotopic (exact) mass is 409 g/mol. The van der Waals surface area contributed by atoms with Gasteiger partial charge in [-0.1, -0.05) is 12.1 Å². The van der Waals surface area contributed by atoms with Gasteiger partial charge in [0.2, 0.25) is 11.8 Å². The molecule has 1 saturated heterocycles. The van der Waals surface area contributed by atoms with Crippen molar-refractivity contribution in [3.63, 3.8) is 0 Å². The molecule has 6 nitrogen and oxygen atoms in total. The summed E-state index contributed by atoms with van der Waals surface area (Å²) in [6.45, 7) is 4.12. The van der Waals surface area contributed by atoms with Crippen molar-refractivity contribution in [2.75, 3.05) is 46.4 Å². The number of benzene rings is 1. The van der Waals surface area contributed by atoms with E-state index in [0.717, 1.165) is 49.7 Å². The number of carbonyl (C=O) groups is 2. The fraction of sp³-hybridized carbons (Fsp3) is 0.619. The third-order valence-corrected chi connectivity index (χ3v) is 5.39. The molecule has 156 valence electrons. The van der Waals surface area contributed by atoms with E-state index in [4.69, 9.17) is 4.74 Å². The van der Waals surface area contributed by atoms with Crippen LogP contribution in [0.15, 0.2) is 24.3 Å². The maximum absolute atomic E-state index is 12.6. The molecular weight excluding hydrogens is 378 g/mol. The molecule has 2 aliphatic rings. The van der Waals surface area contributed by atoms with Crippen LogP contribution in [-0.4, -0.2) is 68.0 Å². The molecule has 1 aromatic carbocycles. The van der Waals surface area contributed by atoms with E-state index in [9.17, 15) is 9.59 Å². The first-order valence-corrected chi connectivity index (χ1v) is 10.0. The quantitative estimate of drug-likeness (QED) is 0.714. The van der Waals surface area contributed by atoms with Gasteiger partial charge in [0.05, 0.1) is 13.7 Å². The van der Waals surface area contributed by atoms with Crippen LogP contribution in [0.3, 0.4) is 0 Å². The lowest BCUT2D eigenvalue weighted by Gasteiger charge is -2.22.